The highest BCUT2D eigenvalue weighted by Crippen LogP contribution is 2.27. The molecule has 3 aliphatic rings. The molecule has 2 saturated heterocycles. The van der Waals surface area contributed by atoms with Crippen LogP contribution in [0.2, 0.25) is 10.0 Å². The Hall–Kier alpha value is -1.60. The lowest BCUT2D eigenvalue weighted by molar-refractivity contribution is -0.130. The first-order chi connectivity index (χ1) is 15.5. The van der Waals surface area contributed by atoms with Gasteiger partial charge in [-0.3, -0.25) is 14.5 Å². The van der Waals surface area contributed by atoms with E-state index in [1.54, 1.807) is 29.2 Å². The summed E-state index contributed by atoms with van der Waals surface area (Å²) in [6, 6.07) is 6.12. The van der Waals surface area contributed by atoms with Crippen molar-refractivity contribution >= 4 is 41.1 Å². The molecule has 3 fully saturated rings. The highest BCUT2D eigenvalue weighted by atomic mass is 35.5. The molecule has 0 aromatic heterocycles. The SMILES string of the molecule is O=C(/C=C/c1ccc(Cl)c(Cl)c1)N1CCC(=O)N(CCCN2CCN(C3CC3)CC2)CC1. The van der Waals surface area contributed by atoms with E-state index < -0.39 is 0 Å². The topological polar surface area (TPSA) is 47.1 Å². The zero-order valence-corrected chi connectivity index (χ0v) is 20.0. The normalized spacial score (nSPS) is 21.4. The molecular formula is C24H32Cl2N4O2. The van der Waals surface area contributed by atoms with E-state index in [-0.39, 0.29) is 11.8 Å². The standard InChI is InChI=1S/C24H32Cl2N4O2/c25-21-6-2-19(18-22(21)26)3-7-23(31)30-11-8-24(32)29(16-17-30)10-1-9-27-12-14-28(15-13-27)20-4-5-20/h2-3,6-7,18,20H,1,4-5,8-17H2/b7-3+. The van der Waals surface area contributed by atoms with Gasteiger partial charge in [0, 0.05) is 70.9 Å². The minimum Gasteiger partial charge on any atom is -0.341 e. The molecular weight excluding hydrogens is 447 g/mol. The van der Waals surface area contributed by atoms with Gasteiger partial charge in [0.1, 0.15) is 0 Å². The Kier molecular flexibility index (Phi) is 8.11. The molecule has 1 aromatic carbocycles. The van der Waals surface area contributed by atoms with Crippen LogP contribution in [0.25, 0.3) is 6.08 Å². The van der Waals surface area contributed by atoms with Crippen molar-refractivity contribution in [2.45, 2.75) is 31.7 Å². The van der Waals surface area contributed by atoms with Crippen LogP contribution >= 0.6 is 23.2 Å². The van der Waals surface area contributed by atoms with Crippen LogP contribution in [-0.4, -0.2) is 96.4 Å². The maximum absolute atomic E-state index is 12.6. The van der Waals surface area contributed by atoms with Crippen LogP contribution < -0.4 is 0 Å². The summed E-state index contributed by atoms with van der Waals surface area (Å²) in [5.74, 6) is 0.0616. The fourth-order valence-corrected chi connectivity index (χ4v) is 4.80. The van der Waals surface area contributed by atoms with E-state index in [2.05, 4.69) is 9.80 Å². The third kappa shape index (κ3) is 6.47. The Morgan fingerprint density at radius 1 is 0.969 bits per heavy atom. The minimum atomic E-state index is -0.0840. The van der Waals surface area contributed by atoms with E-state index in [1.165, 1.54) is 25.9 Å². The molecule has 2 heterocycles. The Balaban J connectivity index is 1.19. The quantitative estimate of drug-likeness (QED) is 0.564. The van der Waals surface area contributed by atoms with Crippen molar-refractivity contribution in [1.29, 1.82) is 0 Å². The van der Waals surface area contributed by atoms with E-state index >= 15 is 0 Å². The van der Waals surface area contributed by atoms with Gasteiger partial charge in [-0.05, 0) is 49.6 Å². The highest BCUT2D eigenvalue weighted by molar-refractivity contribution is 6.42. The minimum absolute atomic E-state index is 0.0840. The van der Waals surface area contributed by atoms with Gasteiger partial charge in [-0.15, -0.1) is 0 Å². The first-order valence-electron chi connectivity index (χ1n) is 11.7. The van der Waals surface area contributed by atoms with Crippen LogP contribution in [0, 0.1) is 0 Å². The maximum Gasteiger partial charge on any atom is 0.246 e. The number of carbonyl (C=O) groups excluding carboxylic acids is 2. The zero-order chi connectivity index (χ0) is 22.5. The summed E-state index contributed by atoms with van der Waals surface area (Å²) in [6.07, 6.45) is 7.40. The van der Waals surface area contributed by atoms with Gasteiger partial charge in [0.15, 0.2) is 0 Å². The smallest absolute Gasteiger partial charge is 0.246 e. The van der Waals surface area contributed by atoms with E-state index in [0.717, 1.165) is 44.2 Å². The summed E-state index contributed by atoms with van der Waals surface area (Å²) in [7, 11) is 0. The van der Waals surface area contributed by atoms with Crippen molar-refractivity contribution in [2.75, 3.05) is 58.9 Å². The second-order valence-corrected chi connectivity index (χ2v) is 9.74. The molecule has 174 valence electrons. The summed E-state index contributed by atoms with van der Waals surface area (Å²) in [5.41, 5.74) is 0.818. The monoisotopic (exact) mass is 478 g/mol. The summed E-state index contributed by atoms with van der Waals surface area (Å²) < 4.78 is 0. The molecule has 0 unspecified atom stereocenters. The number of amides is 2. The van der Waals surface area contributed by atoms with Crippen LogP contribution in [0.1, 0.15) is 31.2 Å². The number of nitrogens with zero attached hydrogens (tertiary/aromatic N) is 4. The fraction of sp³-hybridized carbons (Fsp3) is 0.583. The summed E-state index contributed by atoms with van der Waals surface area (Å²) in [6.45, 7) is 8.07. The Bertz CT molecular complexity index is 850. The van der Waals surface area contributed by atoms with Gasteiger partial charge in [0.25, 0.3) is 0 Å². The van der Waals surface area contributed by atoms with Crippen molar-refractivity contribution in [3.63, 3.8) is 0 Å². The molecule has 1 aliphatic carbocycles. The van der Waals surface area contributed by atoms with Crippen LogP contribution in [0.4, 0.5) is 0 Å². The number of hydrogen-bond donors (Lipinski definition) is 0. The van der Waals surface area contributed by atoms with Gasteiger partial charge in [-0.1, -0.05) is 29.3 Å². The predicted molar refractivity (Wildman–Crippen MR) is 129 cm³/mol. The average molecular weight is 479 g/mol. The second-order valence-electron chi connectivity index (χ2n) is 8.93. The van der Waals surface area contributed by atoms with Gasteiger partial charge in [-0.25, -0.2) is 0 Å². The summed E-state index contributed by atoms with van der Waals surface area (Å²) >= 11 is 12.0. The first kappa shape index (κ1) is 23.6. The zero-order valence-electron chi connectivity index (χ0n) is 18.5. The van der Waals surface area contributed by atoms with Gasteiger partial charge < -0.3 is 14.7 Å². The van der Waals surface area contributed by atoms with E-state index in [0.29, 0.717) is 36.1 Å². The van der Waals surface area contributed by atoms with Gasteiger partial charge in [0.2, 0.25) is 11.8 Å². The van der Waals surface area contributed by atoms with Crippen LogP contribution in [-0.2, 0) is 9.59 Å². The third-order valence-electron chi connectivity index (χ3n) is 6.63. The molecule has 0 bridgehead atoms. The lowest BCUT2D eigenvalue weighted by atomic mass is 10.2. The summed E-state index contributed by atoms with van der Waals surface area (Å²) in [5, 5.41) is 0.948. The highest BCUT2D eigenvalue weighted by Gasteiger charge is 2.31. The molecule has 2 amide bonds. The van der Waals surface area contributed by atoms with Crippen LogP contribution in [0.5, 0.6) is 0 Å². The van der Waals surface area contributed by atoms with Crippen LogP contribution in [0.3, 0.4) is 0 Å². The van der Waals surface area contributed by atoms with E-state index in [9.17, 15) is 9.59 Å². The number of piperazine rings is 1. The molecule has 1 saturated carbocycles. The third-order valence-corrected chi connectivity index (χ3v) is 7.37. The molecule has 0 N–H and O–H groups in total. The molecule has 0 atom stereocenters. The van der Waals surface area contributed by atoms with Crippen molar-refractivity contribution in [3.8, 4) is 0 Å². The number of hydrogen-bond acceptors (Lipinski definition) is 4. The second kappa shape index (κ2) is 11.0. The maximum atomic E-state index is 12.6. The largest absolute Gasteiger partial charge is 0.341 e. The van der Waals surface area contributed by atoms with Crippen molar-refractivity contribution in [3.05, 3.63) is 39.9 Å². The molecule has 32 heavy (non-hydrogen) atoms. The van der Waals surface area contributed by atoms with Gasteiger partial charge in [-0.2, -0.15) is 0 Å². The molecule has 8 heteroatoms. The fourth-order valence-electron chi connectivity index (χ4n) is 4.49. The lowest BCUT2D eigenvalue weighted by Gasteiger charge is -2.35. The number of carbonyl (C=O) groups is 2. The first-order valence-corrected chi connectivity index (χ1v) is 12.4. The number of benzene rings is 1. The Labute approximate surface area is 200 Å². The molecule has 1 aromatic rings. The van der Waals surface area contributed by atoms with Crippen molar-refractivity contribution < 1.29 is 9.59 Å². The molecule has 0 spiro atoms. The number of rotatable bonds is 7. The van der Waals surface area contributed by atoms with Gasteiger partial charge >= 0.3 is 0 Å². The molecule has 6 nitrogen and oxygen atoms in total. The number of halogens is 2. The Morgan fingerprint density at radius 2 is 1.75 bits per heavy atom. The average Bonchev–Trinajstić information content (AvgIpc) is 3.64. The van der Waals surface area contributed by atoms with Crippen molar-refractivity contribution in [1.82, 2.24) is 19.6 Å². The lowest BCUT2D eigenvalue weighted by Crippen LogP contribution is -2.47. The summed E-state index contributed by atoms with van der Waals surface area (Å²) in [4.78, 5) is 34.0. The van der Waals surface area contributed by atoms with Crippen LogP contribution in [0.15, 0.2) is 24.3 Å². The Morgan fingerprint density at radius 3 is 2.47 bits per heavy atom. The van der Waals surface area contributed by atoms with Gasteiger partial charge in [0.05, 0.1) is 10.0 Å². The molecule has 4 rings (SSSR count). The van der Waals surface area contributed by atoms with E-state index in [4.69, 9.17) is 23.2 Å². The van der Waals surface area contributed by atoms with Crippen molar-refractivity contribution in [2.24, 2.45) is 0 Å². The van der Waals surface area contributed by atoms with E-state index in [1.807, 2.05) is 11.0 Å². The predicted octanol–water partition coefficient (Wildman–Crippen LogP) is 3.24. The molecule has 2 aliphatic heterocycles. The molecule has 0 radical (unpaired) electrons.